The van der Waals surface area contributed by atoms with Crippen molar-refractivity contribution in [2.45, 2.75) is 13.1 Å². The first kappa shape index (κ1) is 13.7. The van der Waals surface area contributed by atoms with Gasteiger partial charge in [-0.25, -0.2) is 0 Å². The first-order chi connectivity index (χ1) is 9.29. The number of hydrogen-bond donors (Lipinski definition) is 2. The van der Waals surface area contributed by atoms with Gasteiger partial charge < -0.3 is 10.1 Å². The summed E-state index contributed by atoms with van der Waals surface area (Å²) in [7, 11) is 0. The molecule has 0 saturated carbocycles. The van der Waals surface area contributed by atoms with Gasteiger partial charge in [-0.3, -0.25) is 5.10 Å². The molecule has 1 heterocycles. The number of hydrogen-bond acceptors (Lipinski definition) is 3. The van der Waals surface area contributed by atoms with Crippen molar-refractivity contribution in [3.8, 4) is 18.1 Å². The van der Waals surface area contributed by atoms with Crippen molar-refractivity contribution in [2.24, 2.45) is 0 Å². The van der Waals surface area contributed by atoms with E-state index in [-0.39, 0.29) is 6.61 Å². The predicted molar refractivity (Wildman–Crippen MR) is 77.6 cm³/mol. The highest BCUT2D eigenvalue weighted by molar-refractivity contribution is 9.10. The average Bonchev–Trinajstić information content (AvgIpc) is 2.91. The van der Waals surface area contributed by atoms with Crippen LogP contribution in [0.25, 0.3) is 0 Å². The number of H-pyrrole nitrogens is 1. The van der Waals surface area contributed by atoms with Gasteiger partial charge >= 0.3 is 0 Å². The molecule has 0 bridgehead atoms. The second-order valence-electron chi connectivity index (χ2n) is 3.93. The summed E-state index contributed by atoms with van der Waals surface area (Å²) in [6.45, 7) is 1.69. The number of ether oxygens (including phenoxy) is 1. The van der Waals surface area contributed by atoms with Crippen molar-refractivity contribution in [1.29, 1.82) is 0 Å². The van der Waals surface area contributed by atoms with E-state index in [4.69, 9.17) is 11.2 Å². The van der Waals surface area contributed by atoms with Gasteiger partial charge in [0.1, 0.15) is 12.4 Å². The van der Waals surface area contributed by atoms with Crippen LogP contribution in [0, 0.1) is 12.3 Å². The van der Waals surface area contributed by atoms with Crippen LogP contribution in [0.1, 0.15) is 11.3 Å². The summed E-state index contributed by atoms with van der Waals surface area (Å²) in [5, 5.41) is 10.1. The molecule has 4 nitrogen and oxygen atoms in total. The van der Waals surface area contributed by atoms with E-state index < -0.39 is 0 Å². The Labute approximate surface area is 120 Å². The molecular formula is C14H14BrN3O. The first-order valence-electron chi connectivity index (χ1n) is 5.83. The van der Waals surface area contributed by atoms with Crippen molar-refractivity contribution in [1.82, 2.24) is 15.5 Å². The first-order valence-corrected chi connectivity index (χ1v) is 6.62. The van der Waals surface area contributed by atoms with Crippen LogP contribution in [0.2, 0.25) is 0 Å². The molecule has 0 radical (unpaired) electrons. The van der Waals surface area contributed by atoms with Gasteiger partial charge in [-0.05, 0) is 24.3 Å². The molecule has 0 spiro atoms. The largest absolute Gasteiger partial charge is 0.481 e. The Bertz CT molecular complexity index is 561. The van der Waals surface area contributed by atoms with Crippen LogP contribution < -0.4 is 10.1 Å². The number of rotatable bonds is 6. The molecule has 2 rings (SSSR count). The molecule has 2 N–H and O–H groups in total. The van der Waals surface area contributed by atoms with E-state index >= 15 is 0 Å². The van der Waals surface area contributed by atoms with Crippen LogP contribution in [-0.4, -0.2) is 16.8 Å². The Morgan fingerprint density at radius 3 is 3.00 bits per heavy atom. The Hall–Kier alpha value is -1.77. The molecule has 98 valence electrons. The summed E-state index contributed by atoms with van der Waals surface area (Å²) in [6.07, 6.45) is 6.94. The van der Waals surface area contributed by atoms with E-state index in [0.29, 0.717) is 6.54 Å². The number of nitrogens with one attached hydrogen (secondary N) is 2. The highest BCUT2D eigenvalue weighted by Crippen LogP contribution is 2.23. The molecule has 1 aromatic carbocycles. The quantitative estimate of drug-likeness (QED) is 0.804. The number of nitrogens with zero attached hydrogens (tertiary/aromatic N) is 1. The Balaban J connectivity index is 1.97. The standard InChI is InChI=1S/C14H14BrN3O/c1-2-7-19-14-4-3-12(15)8-11(14)9-16-10-13-5-6-17-18-13/h1,3-6,8,16H,7,9-10H2,(H,17,18). The van der Waals surface area contributed by atoms with E-state index in [9.17, 15) is 0 Å². The molecule has 0 amide bonds. The van der Waals surface area contributed by atoms with Crippen molar-refractivity contribution in [2.75, 3.05) is 6.61 Å². The van der Waals surface area contributed by atoms with Crippen LogP contribution in [0.3, 0.4) is 0 Å². The minimum Gasteiger partial charge on any atom is -0.481 e. The van der Waals surface area contributed by atoms with E-state index in [1.54, 1.807) is 6.20 Å². The van der Waals surface area contributed by atoms with E-state index in [0.717, 1.165) is 28.0 Å². The van der Waals surface area contributed by atoms with Crippen LogP contribution in [0.5, 0.6) is 5.75 Å². The average molecular weight is 320 g/mol. The fourth-order valence-corrected chi connectivity index (χ4v) is 2.07. The lowest BCUT2D eigenvalue weighted by atomic mass is 10.2. The van der Waals surface area contributed by atoms with E-state index in [2.05, 4.69) is 37.4 Å². The molecule has 2 aromatic rings. The number of terminal acetylenes is 1. The summed E-state index contributed by atoms with van der Waals surface area (Å²) in [5.74, 6) is 3.27. The summed E-state index contributed by atoms with van der Waals surface area (Å²) in [4.78, 5) is 0. The molecule has 19 heavy (non-hydrogen) atoms. The number of aromatic amines is 1. The third-order valence-corrected chi connectivity index (χ3v) is 3.02. The van der Waals surface area contributed by atoms with Gasteiger partial charge in [0, 0.05) is 35.0 Å². The summed E-state index contributed by atoms with van der Waals surface area (Å²) in [6, 6.07) is 7.80. The molecule has 5 heteroatoms. The molecule has 0 aliphatic carbocycles. The van der Waals surface area contributed by atoms with E-state index in [1.165, 1.54) is 0 Å². The second-order valence-corrected chi connectivity index (χ2v) is 4.85. The van der Waals surface area contributed by atoms with Gasteiger partial charge in [0.05, 0.1) is 0 Å². The van der Waals surface area contributed by atoms with Crippen LogP contribution in [0.4, 0.5) is 0 Å². The molecule has 0 atom stereocenters. The van der Waals surface area contributed by atoms with Crippen molar-refractivity contribution >= 4 is 15.9 Å². The molecule has 0 saturated heterocycles. The topological polar surface area (TPSA) is 49.9 Å². The monoisotopic (exact) mass is 319 g/mol. The molecule has 1 aromatic heterocycles. The zero-order valence-corrected chi connectivity index (χ0v) is 11.9. The minimum absolute atomic E-state index is 0.273. The number of aromatic nitrogens is 2. The van der Waals surface area contributed by atoms with Gasteiger partial charge in [-0.1, -0.05) is 21.9 Å². The molecule has 0 unspecified atom stereocenters. The maximum atomic E-state index is 5.51. The fourth-order valence-electron chi connectivity index (χ4n) is 1.66. The maximum absolute atomic E-state index is 5.51. The SMILES string of the molecule is C#CCOc1ccc(Br)cc1CNCc1ccn[nH]1. The van der Waals surface area contributed by atoms with Crippen LogP contribution in [0.15, 0.2) is 34.9 Å². The lowest BCUT2D eigenvalue weighted by Gasteiger charge is -2.11. The molecule has 0 aliphatic heterocycles. The summed E-state index contributed by atoms with van der Waals surface area (Å²) in [5.41, 5.74) is 2.10. The predicted octanol–water partition coefficient (Wildman–Crippen LogP) is 2.47. The third-order valence-electron chi connectivity index (χ3n) is 2.52. The Kier molecular flexibility index (Phi) is 5.01. The summed E-state index contributed by atoms with van der Waals surface area (Å²) >= 11 is 3.46. The lowest BCUT2D eigenvalue weighted by Crippen LogP contribution is -2.14. The van der Waals surface area contributed by atoms with Gasteiger partial charge in [0.15, 0.2) is 0 Å². The van der Waals surface area contributed by atoms with Crippen LogP contribution >= 0.6 is 15.9 Å². The second kappa shape index (κ2) is 6.98. The van der Waals surface area contributed by atoms with E-state index in [1.807, 2.05) is 24.3 Å². The smallest absolute Gasteiger partial charge is 0.148 e. The lowest BCUT2D eigenvalue weighted by molar-refractivity contribution is 0.364. The zero-order chi connectivity index (χ0) is 13.5. The number of benzene rings is 1. The van der Waals surface area contributed by atoms with Gasteiger partial charge in [-0.15, -0.1) is 6.42 Å². The molecule has 0 fully saturated rings. The summed E-state index contributed by atoms with van der Waals surface area (Å²) < 4.78 is 6.52. The molecule has 0 aliphatic rings. The normalized spacial score (nSPS) is 10.1. The maximum Gasteiger partial charge on any atom is 0.148 e. The highest BCUT2D eigenvalue weighted by Gasteiger charge is 2.04. The minimum atomic E-state index is 0.273. The third kappa shape index (κ3) is 4.12. The van der Waals surface area contributed by atoms with Crippen molar-refractivity contribution < 1.29 is 4.74 Å². The van der Waals surface area contributed by atoms with Gasteiger partial charge in [-0.2, -0.15) is 5.10 Å². The Morgan fingerprint density at radius 2 is 2.26 bits per heavy atom. The fraction of sp³-hybridized carbons (Fsp3) is 0.214. The van der Waals surface area contributed by atoms with Gasteiger partial charge in [0.2, 0.25) is 0 Å². The van der Waals surface area contributed by atoms with Crippen LogP contribution in [-0.2, 0) is 13.1 Å². The van der Waals surface area contributed by atoms with Gasteiger partial charge in [0.25, 0.3) is 0 Å². The Morgan fingerprint density at radius 1 is 1.37 bits per heavy atom. The zero-order valence-electron chi connectivity index (χ0n) is 10.3. The highest BCUT2D eigenvalue weighted by atomic mass is 79.9. The number of halogens is 1. The molecular weight excluding hydrogens is 306 g/mol. The van der Waals surface area contributed by atoms with Crippen molar-refractivity contribution in [3.63, 3.8) is 0 Å². The van der Waals surface area contributed by atoms with Crippen molar-refractivity contribution in [3.05, 3.63) is 46.2 Å².